The van der Waals surface area contributed by atoms with E-state index < -0.39 is 0 Å². The molecule has 0 aromatic rings. The van der Waals surface area contributed by atoms with Crippen LogP contribution in [0.15, 0.2) is 12.7 Å². The lowest BCUT2D eigenvalue weighted by molar-refractivity contribution is 0.320. The van der Waals surface area contributed by atoms with Gasteiger partial charge >= 0.3 is 0 Å². The van der Waals surface area contributed by atoms with E-state index in [1.165, 1.54) is 25.7 Å². The molecule has 0 radical (unpaired) electrons. The molecule has 19 heavy (non-hydrogen) atoms. The fraction of sp³-hybridized carbons (Fsp3) is 0.778. The van der Waals surface area contributed by atoms with E-state index in [4.69, 9.17) is 4.74 Å². The number of epoxide rings is 1. The molecule has 2 atom stereocenters. The second-order valence-corrected chi connectivity index (χ2v) is 6.32. The zero-order valence-electron chi connectivity index (χ0n) is 13.0. The van der Waals surface area contributed by atoms with Crippen LogP contribution < -0.4 is 0 Å². The van der Waals surface area contributed by atoms with E-state index in [0.29, 0.717) is 6.10 Å². The molecule has 0 aromatic carbocycles. The Bertz CT molecular complexity index is 318. The van der Waals surface area contributed by atoms with Crippen LogP contribution in [0.4, 0.5) is 0 Å². The van der Waals surface area contributed by atoms with E-state index in [1.54, 1.807) is 0 Å². The third-order valence-corrected chi connectivity index (χ3v) is 3.92. The van der Waals surface area contributed by atoms with Crippen LogP contribution in [0.5, 0.6) is 0 Å². The highest BCUT2D eigenvalue weighted by atomic mass is 16.6. The minimum Gasteiger partial charge on any atom is -0.367 e. The van der Waals surface area contributed by atoms with Gasteiger partial charge < -0.3 is 4.74 Å². The molecule has 1 aliphatic rings. The van der Waals surface area contributed by atoms with E-state index in [9.17, 15) is 0 Å². The molecule has 0 bridgehead atoms. The molecule has 108 valence electrons. The molecular formula is C18H30O. The van der Waals surface area contributed by atoms with Crippen LogP contribution in [-0.4, -0.2) is 11.7 Å². The van der Waals surface area contributed by atoms with E-state index >= 15 is 0 Å². The standard InChI is InChI=1S/C18H30O/c1-5-6-10-13-16(2)14-11-8-7-9-12-15-17-18(3,4)19-17/h5,16-17H,1,6,8,10-15H2,2-4H3/t16?,17-/m0/s1. The summed E-state index contributed by atoms with van der Waals surface area (Å²) < 4.78 is 5.54. The molecule has 1 aliphatic heterocycles. The normalized spacial score (nSPS) is 21.3. The van der Waals surface area contributed by atoms with Crippen molar-refractivity contribution in [3.05, 3.63) is 12.7 Å². The highest BCUT2D eigenvalue weighted by Gasteiger charge is 2.46. The van der Waals surface area contributed by atoms with E-state index in [-0.39, 0.29) is 5.60 Å². The SMILES string of the molecule is C=CCCCC(C)CCCC#CCC[C@@H]1OC1(C)C. The minimum atomic E-state index is 0.128. The Morgan fingerprint density at radius 1 is 1.21 bits per heavy atom. The lowest BCUT2D eigenvalue weighted by Crippen LogP contribution is -2.01. The molecule has 0 aliphatic carbocycles. The monoisotopic (exact) mass is 262 g/mol. The van der Waals surface area contributed by atoms with Gasteiger partial charge in [-0.2, -0.15) is 0 Å². The smallest absolute Gasteiger partial charge is 0.0892 e. The third kappa shape index (κ3) is 7.43. The molecule has 0 spiro atoms. The largest absolute Gasteiger partial charge is 0.367 e. The first kappa shape index (κ1) is 16.3. The first-order valence-electron chi connectivity index (χ1n) is 7.80. The van der Waals surface area contributed by atoms with Gasteiger partial charge in [0.05, 0.1) is 11.7 Å². The van der Waals surface area contributed by atoms with Gasteiger partial charge in [-0.1, -0.05) is 19.4 Å². The number of hydrogen-bond donors (Lipinski definition) is 0. The fourth-order valence-corrected chi connectivity index (χ4v) is 2.41. The summed E-state index contributed by atoms with van der Waals surface area (Å²) in [6.45, 7) is 10.4. The number of hydrogen-bond acceptors (Lipinski definition) is 1. The highest BCUT2D eigenvalue weighted by Crippen LogP contribution is 2.38. The first-order chi connectivity index (χ1) is 9.06. The summed E-state index contributed by atoms with van der Waals surface area (Å²) in [5.74, 6) is 7.41. The van der Waals surface area contributed by atoms with Crippen molar-refractivity contribution < 1.29 is 4.74 Å². The zero-order chi connectivity index (χ0) is 14.1. The number of ether oxygens (including phenoxy) is 1. The predicted octanol–water partition coefficient (Wildman–Crippen LogP) is 5.11. The van der Waals surface area contributed by atoms with Crippen LogP contribution in [0.1, 0.15) is 72.1 Å². The first-order valence-corrected chi connectivity index (χ1v) is 7.80. The summed E-state index contributed by atoms with van der Waals surface area (Å²) in [6, 6.07) is 0. The maximum absolute atomic E-state index is 5.54. The molecule has 0 aromatic heterocycles. The number of allylic oxidation sites excluding steroid dienone is 1. The van der Waals surface area contributed by atoms with Crippen LogP contribution >= 0.6 is 0 Å². The molecule has 0 N–H and O–H groups in total. The van der Waals surface area contributed by atoms with Crippen molar-refractivity contribution in [1.29, 1.82) is 0 Å². The molecular weight excluding hydrogens is 232 g/mol. The van der Waals surface area contributed by atoms with Crippen molar-refractivity contribution >= 4 is 0 Å². The van der Waals surface area contributed by atoms with Gasteiger partial charge in [0.2, 0.25) is 0 Å². The van der Waals surface area contributed by atoms with Gasteiger partial charge in [-0.15, -0.1) is 18.4 Å². The van der Waals surface area contributed by atoms with Crippen LogP contribution in [0, 0.1) is 17.8 Å². The van der Waals surface area contributed by atoms with E-state index in [0.717, 1.165) is 31.6 Å². The summed E-state index contributed by atoms with van der Waals surface area (Å²) in [7, 11) is 0. The van der Waals surface area contributed by atoms with Crippen LogP contribution in [0.2, 0.25) is 0 Å². The van der Waals surface area contributed by atoms with Crippen molar-refractivity contribution in [1.82, 2.24) is 0 Å². The molecule has 0 saturated carbocycles. The Hall–Kier alpha value is -0.740. The van der Waals surface area contributed by atoms with Crippen molar-refractivity contribution in [2.75, 3.05) is 0 Å². The molecule has 1 saturated heterocycles. The van der Waals surface area contributed by atoms with Gasteiger partial charge in [0.1, 0.15) is 0 Å². The van der Waals surface area contributed by atoms with Gasteiger partial charge in [0.25, 0.3) is 0 Å². The Morgan fingerprint density at radius 3 is 2.47 bits per heavy atom. The van der Waals surface area contributed by atoms with Gasteiger partial charge in [-0.3, -0.25) is 0 Å². The Balaban J connectivity index is 1.91. The lowest BCUT2D eigenvalue weighted by Gasteiger charge is -2.08. The lowest BCUT2D eigenvalue weighted by atomic mass is 9.98. The van der Waals surface area contributed by atoms with Crippen LogP contribution in [-0.2, 0) is 4.74 Å². The zero-order valence-corrected chi connectivity index (χ0v) is 13.0. The average molecular weight is 262 g/mol. The van der Waals surface area contributed by atoms with Gasteiger partial charge in [-0.25, -0.2) is 0 Å². The summed E-state index contributed by atoms with van der Waals surface area (Å²) in [5, 5.41) is 0. The summed E-state index contributed by atoms with van der Waals surface area (Å²) in [6.07, 6.45) is 11.9. The molecule has 1 heteroatoms. The van der Waals surface area contributed by atoms with Gasteiger partial charge in [0, 0.05) is 12.8 Å². The summed E-state index contributed by atoms with van der Waals surface area (Å²) in [4.78, 5) is 0. The molecule has 1 unspecified atom stereocenters. The fourth-order valence-electron chi connectivity index (χ4n) is 2.41. The molecule has 1 nitrogen and oxygen atoms in total. The maximum atomic E-state index is 5.54. The summed E-state index contributed by atoms with van der Waals surface area (Å²) in [5.41, 5.74) is 0.128. The Kier molecular flexibility index (Phi) is 7.24. The van der Waals surface area contributed by atoms with Gasteiger partial charge in [0.15, 0.2) is 0 Å². The summed E-state index contributed by atoms with van der Waals surface area (Å²) >= 11 is 0. The van der Waals surface area contributed by atoms with Crippen molar-refractivity contribution in [2.45, 2.75) is 83.8 Å². The second-order valence-electron chi connectivity index (χ2n) is 6.32. The van der Waals surface area contributed by atoms with E-state index in [2.05, 4.69) is 39.2 Å². The quantitative estimate of drug-likeness (QED) is 0.243. The molecule has 0 amide bonds. The topological polar surface area (TPSA) is 12.5 Å². The second kappa shape index (κ2) is 8.43. The Labute approximate surface area is 119 Å². The van der Waals surface area contributed by atoms with E-state index in [1.807, 2.05) is 6.08 Å². The van der Waals surface area contributed by atoms with Crippen molar-refractivity contribution in [2.24, 2.45) is 5.92 Å². The number of unbranched alkanes of at least 4 members (excludes halogenated alkanes) is 2. The molecule has 1 rings (SSSR count). The third-order valence-electron chi connectivity index (χ3n) is 3.92. The van der Waals surface area contributed by atoms with Crippen molar-refractivity contribution in [3.63, 3.8) is 0 Å². The molecule has 1 fully saturated rings. The molecule has 1 heterocycles. The number of rotatable bonds is 9. The predicted molar refractivity (Wildman–Crippen MR) is 83.0 cm³/mol. The highest BCUT2D eigenvalue weighted by molar-refractivity contribution is 5.02. The minimum absolute atomic E-state index is 0.128. The average Bonchev–Trinajstić information content (AvgIpc) is 2.96. The maximum Gasteiger partial charge on any atom is 0.0892 e. The van der Waals surface area contributed by atoms with Crippen LogP contribution in [0.25, 0.3) is 0 Å². The van der Waals surface area contributed by atoms with Crippen LogP contribution in [0.3, 0.4) is 0 Å². The Morgan fingerprint density at radius 2 is 1.84 bits per heavy atom. The van der Waals surface area contributed by atoms with Crippen molar-refractivity contribution in [3.8, 4) is 11.8 Å². The van der Waals surface area contributed by atoms with Gasteiger partial charge in [-0.05, 0) is 51.9 Å².